The Kier molecular flexibility index (Phi) is 4.59. The Labute approximate surface area is 104 Å². The Morgan fingerprint density at radius 3 is 2.59 bits per heavy atom. The van der Waals surface area contributed by atoms with Crippen LogP contribution in [0.4, 0.5) is 5.13 Å². The van der Waals surface area contributed by atoms with Gasteiger partial charge in [0, 0.05) is 14.1 Å². The first-order valence-corrected chi connectivity index (χ1v) is 5.91. The summed E-state index contributed by atoms with van der Waals surface area (Å²) < 4.78 is 0. The van der Waals surface area contributed by atoms with Crippen molar-refractivity contribution in [2.24, 2.45) is 0 Å². The number of thiazole rings is 1. The fourth-order valence-electron chi connectivity index (χ4n) is 1.18. The van der Waals surface area contributed by atoms with Crippen molar-refractivity contribution in [1.29, 1.82) is 0 Å². The van der Waals surface area contributed by atoms with Crippen molar-refractivity contribution in [2.45, 2.75) is 6.92 Å². The minimum absolute atomic E-state index is 0.103. The van der Waals surface area contributed by atoms with Crippen LogP contribution in [0.2, 0.25) is 0 Å². The highest BCUT2D eigenvalue weighted by molar-refractivity contribution is 7.17. The van der Waals surface area contributed by atoms with Gasteiger partial charge in [0.15, 0.2) is 5.13 Å². The Morgan fingerprint density at radius 2 is 2.06 bits per heavy atom. The van der Waals surface area contributed by atoms with Gasteiger partial charge in [0.2, 0.25) is 5.91 Å². The van der Waals surface area contributed by atoms with E-state index in [4.69, 9.17) is 0 Å². The fourth-order valence-corrected chi connectivity index (χ4v) is 2.18. The van der Waals surface area contributed by atoms with E-state index >= 15 is 0 Å². The van der Waals surface area contributed by atoms with Crippen LogP contribution in [0, 0.1) is 6.92 Å². The first-order valence-electron chi connectivity index (χ1n) is 5.09. The highest BCUT2D eigenvalue weighted by Gasteiger charge is 2.17. The maximum atomic E-state index is 11.8. The zero-order valence-corrected chi connectivity index (χ0v) is 11.1. The second-order valence-corrected chi connectivity index (χ2v) is 4.71. The number of carbonyl (C=O) groups excluding carboxylic acids is 2. The van der Waals surface area contributed by atoms with Gasteiger partial charge in [0.1, 0.15) is 4.88 Å². The number of anilines is 1. The molecular weight excluding hydrogens is 240 g/mol. The Morgan fingerprint density at radius 1 is 1.41 bits per heavy atom. The van der Waals surface area contributed by atoms with Gasteiger partial charge in [-0.15, -0.1) is 0 Å². The molecule has 0 radical (unpaired) electrons. The lowest BCUT2D eigenvalue weighted by Crippen LogP contribution is -2.24. The number of nitrogens with one attached hydrogen (secondary N) is 2. The van der Waals surface area contributed by atoms with E-state index in [-0.39, 0.29) is 18.4 Å². The lowest BCUT2D eigenvalue weighted by molar-refractivity contribution is -0.115. The van der Waals surface area contributed by atoms with Crippen LogP contribution >= 0.6 is 11.3 Å². The molecule has 0 unspecified atom stereocenters. The number of aromatic nitrogens is 1. The molecule has 1 aromatic heterocycles. The van der Waals surface area contributed by atoms with E-state index in [0.717, 1.165) is 0 Å². The average Bonchev–Trinajstić information content (AvgIpc) is 2.58. The largest absolute Gasteiger partial charge is 0.344 e. The molecule has 0 saturated carbocycles. The lowest BCUT2D eigenvalue weighted by atomic mass is 10.3. The van der Waals surface area contributed by atoms with Gasteiger partial charge in [0.05, 0.1) is 12.2 Å². The van der Waals surface area contributed by atoms with Crippen LogP contribution < -0.4 is 10.6 Å². The molecule has 0 saturated heterocycles. The third-order valence-corrected chi connectivity index (χ3v) is 3.04. The summed E-state index contributed by atoms with van der Waals surface area (Å²) in [6, 6.07) is 0. The van der Waals surface area contributed by atoms with Crippen molar-refractivity contribution in [3.05, 3.63) is 10.6 Å². The molecule has 0 aliphatic heterocycles. The molecule has 0 aliphatic rings. The van der Waals surface area contributed by atoms with Crippen molar-refractivity contribution in [1.82, 2.24) is 15.2 Å². The molecule has 7 heteroatoms. The van der Waals surface area contributed by atoms with E-state index in [1.165, 1.54) is 16.2 Å². The number of nitrogens with zero attached hydrogens (tertiary/aromatic N) is 2. The summed E-state index contributed by atoms with van der Waals surface area (Å²) >= 11 is 1.19. The third-order valence-electron chi connectivity index (χ3n) is 1.98. The molecule has 1 rings (SSSR count). The zero-order valence-electron chi connectivity index (χ0n) is 10.3. The molecule has 0 aromatic carbocycles. The number of hydrogen-bond acceptors (Lipinski definition) is 5. The van der Waals surface area contributed by atoms with Crippen molar-refractivity contribution >= 4 is 28.3 Å². The summed E-state index contributed by atoms with van der Waals surface area (Å²) in [5.74, 6) is -0.279. The summed E-state index contributed by atoms with van der Waals surface area (Å²) in [7, 11) is 5.05. The van der Waals surface area contributed by atoms with Gasteiger partial charge < -0.3 is 15.5 Å². The maximum Gasteiger partial charge on any atom is 0.265 e. The number of carbonyl (C=O) groups is 2. The highest BCUT2D eigenvalue weighted by atomic mass is 32.1. The molecule has 0 atom stereocenters. The Balaban J connectivity index is 2.81. The molecule has 0 fully saturated rings. The standard InChI is InChI=1S/C10H16N4O2S/c1-6-8(9(16)14(3)4)17-10(12-6)13-7(15)5-11-2/h11H,5H2,1-4H3,(H,12,13,15). The smallest absolute Gasteiger partial charge is 0.265 e. The quantitative estimate of drug-likeness (QED) is 0.813. The molecule has 1 aromatic rings. The molecule has 2 amide bonds. The summed E-state index contributed by atoms with van der Waals surface area (Å²) in [5.41, 5.74) is 0.633. The third kappa shape index (κ3) is 3.50. The first-order chi connectivity index (χ1) is 7.95. The van der Waals surface area contributed by atoms with Gasteiger partial charge in [-0.2, -0.15) is 0 Å². The van der Waals surface area contributed by atoms with E-state index in [1.807, 2.05) is 0 Å². The molecule has 6 nitrogen and oxygen atoms in total. The van der Waals surface area contributed by atoms with Crippen molar-refractivity contribution in [3.63, 3.8) is 0 Å². The molecule has 2 N–H and O–H groups in total. The van der Waals surface area contributed by atoms with Crippen molar-refractivity contribution in [2.75, 3.05) is 33.0 Å². The van der Waals surface area contributed by atoms with Gasteiger partial charge in [-0.1, -0.05) is 11.3 Å². The van der Waals surface area contributed by atoms with E-state index in [0.29, 0.717) is 15.7 Å². The van der Waals surface area contributed by atoms with Gasteiger partial charge in [-0.3, -0.25) is 9.59 Å². The van der Waals surface area contributed by atoms with Crippen LogP contribution in [0.5, 0.6) is 0 Å². The number of amides is 2. The van der Waals surface area contributed by atoms with Crippen LogP contribution in [0.3, 0.4) is 0 Å². The number of likely N-dealkylation sites (N-methyl/N-ethyl adjacent to an activating group) is 1. The molecule has 0 spiro atoms. The minimum Gasteiger partial charge on any atom is -0.344 e. The predicted molar refractivity (Wildman–Crippen MR) is 67.4 cm³/mol. The van der Waals surface area contributed by atoms with Gasteiger partial charge in [-0.05, 0) is 14.0 Å². The van der Waals surface area contributed by atoms with Gasteiger partial charge in [-0.25, -0.2) is 4.98 Å². The van der Waals surface area contributed by atoms with Crippen molar-refractivity contribution in [3.8, 4) is 0 Å². The molecule has 17 heavy (non-hydrogen) atoms. The monoisotopic (exact) mass is 256 g/mol. The SMILES string of the molecule is CNCC(=O)Nc1nc(C)c(C(=O)N(C)C)s1. The van der Waals surface area contributed by atoms with Crippen LogP contribution in [-0.4, -0.2) is 49.4 Å². The number of aryl methyl sites for hydroxylation is 1. The molecular formula is C10H16N4O2S. The predicted octanol–water partition coefficient (Wildman–Crippen LogP) is 0.311. The van der Waals surface area contributed by atoms with Crippen LogP contribution in [0.1, 0.15) is 15.4 Å². The van der Waals surface area contributed by atoms with Crippen molar-refractivity contribution < 1.29 is 9.59 Å². The average molecular weight is 256 g/mol. The van der Waals surface area contributed by atoms with Gasteiger partial charge in [0.25, 0.3) is 5.91 Å². The second kappa shape index (κ2) is 5.74. The summed E-state index contributed by atoms with van der Waals surface area (Å²) in [6.07, 6.45) is 0. The summed E-state index contributed by atoms with van der Waals surface area (Å²) in [5, 5.41) is 5.82. The maximum absolute atomic E-state index is 11.8. The molecule has 1 heterocycles. The number of rotatable bonds is 4. The lowest BCUT2D eigenvalue weighted by Gasteiger charge is -2.07. The fraction of sp³-hybridized carbons (Fsp3) is 0.500. The van der Waals surface area contributed by atoms with E-state index in [2.05, 4.69) is 15.6 Å². The first kappa shape index (κ1) is 13.6. The minimum atomic E-state index is -0.176. The Bertz CT molecular complexity index is 428. The van der Waals surface area contributed by atoms with Gasteiger partial charge >= 0.3 is 0 Å². The number of hydrogen-bond donors (Lipinski definition) is 2. The summed E-state index contributed by atoms with van der Waals surface area (Å²) in [6.45, 7) is 1.97. The van der Waals surface area contributed by atoms with E-state index < -0.39 is 0 Å². The highest BCUT2D eigenvalue weighted by Crippen LogP contribution is 2.23. The second-order valence-electron chi connectivity index (χ2n) is 3.71. The summed E-state index contributed by atoms with van der Waals surface area (Å²) in [4.78, 5) is 29.3. The van der Waals surface area contributed by atoms with Crippen LogP contribution in [0.25, 0.3) is 0 Å². The molecule has 0 aliphatic carbocycles. The van der Waals surface area contributed by atoms with E-state index in [9.17, 15) is 9.59 Å². The Hall–Kier alpha value is -1.47. The topological polar surface area (TPSA) is 74.3 Å². The van der Waals surface area contributed by atoms with Crippen LogP contribution in [-0.2, 0) is 4.79 Å². The normalized spacial score (nSPS) is 10.1. The van der Waals surface area contributed by atoms with E-state index in [1.54, 1.807) is 28.1 Å². The molecule has 94 valence electrons. The van der Waals surface area contributed by atoms with Crippen LogP contribution in [0.15, 0.2) is 0 Å². The zero-order chi connectivity index (χ0) is 13.0. The molecule has 0 bridgehead atoms.